The van der Waals surface area contributed by atoms with E-state index >= 15 is 0 Å². The summed E-state index contributed by atoms with van der Waals surface area (Å²) >= 11 is 0. The molecular formula is C21H19NO5. The third-order valence-corrected chi connectivity index (χ3v) is 4.24. The van der Waals surface area contributed by atoms with Gasteiger partial charge >= 0.3 is 11.6 Å². The summed E-state index contributed by atoms with van der Waals surface area (Å²) in [5.74, 6) is -0.739. The molecule has 0 spiro atoms. The molecule has 0 saturated heterocycles. The Balaban J connectivity index is 1.89. The van der Waals surface area contributed by atoms with Crippen molar-refractivity contribution in [3.8, 4) is 5.75 Å². The molecule has 3 aromatic rings. The second-order valence-electron chi connectivity index (χ2n) is 6.20. The average Bonchev–Trinajstić information content (AvgIpc) is 2.63. The summed E-state index contributed by atoms with van der Waals surface area (Å²) < 4.78 is 10.6. The molecule has 0 aliphatic heterocycles. The third-order valence-electron chi connectivity index (χ3n) is 4.24. The van der Waals surface area contributed by atoms with E-state index in [9.17, 15) is 14.4 Å². The minimum absolute atomic E-state index is 0.0655. The van der Waals surface area contributed by atoms with E-state index in [0.29, 0.717) is 17.5 Å². The van der Waals surface area contributed by atoms with Gasteiger partial charge in [-0.2, -0.15) is 0 Å². The lowest BCUT2D eigenvalue weighted by molar-refractivity contribution is 0.0734. The lowest BCUT2D eigenvalue weighted by Gasteiger charge is -2.07. The monoisotopic (exact) mass is 365 g/mol. The van der Waals surface area contributed by atoms with Gasteiger partial charge < -0.3 is 14.5 Å². The van der Waals surface area contributed by atoms with Crippen LogP contribution in [0.15, 0.2) is 51.7 Å². The number of rotatable bonds is 4. The van der Waals surface area contributed by atoms with E-state index in [2.05, 4.69) is 5.32 Å². The molecular weight excluding hydrogens is 346 g/mol. The van der Waals surface area contributed by atoms with Gasteiger partial charge in [0.15, 0.2) is 0 Å². The predicted octanol–water partition coefficient (Wildman–Crippen LogP) is 3.38. The molecule has 1 N–H and O–H groups in total. The number of ether oxygens (including phenoxy) is 1. The first kappa shape index (κ1) is 18.4. The Morgan fingerprint density at radius 1 is 1.04 bits per heavy atom. The number of fused-ring (bicyclic) bond motifs is 1. The summed E-state index contributed by atoms with van der Waals surface area (Å²) in [4.78, 5) is 36.3. The molecule has 0 fully saturated rings. The smallest absolute Gasteiger partial charge is 0.349 e. The van der Waals surface area contributed by atoms with Crippen molar-refractivity contribution < 1.29 is 18.7 Å². The van der Waals surface area contributed by atoms with E-state index in [1.54, 1.807) is 31.2 Å². The zero-order valence-corrected chi connectivity index (χ0v) is 15.3. The molecule has 0 bridgehead atoms. The maximum Gasteiger partial charge on any atom is 0.349 e. The lowest BCUT2D eigenvalue weighted by atomic mass is 10.1. The molecule has 6 nitrogen and oxygen atoms in total. The van der Waals surface area contributed by atoms with Crippen LogP contribution >= 0.6 is 0 Å². The third kappa shape index (κ3) is 3.89. The highest BCUT2D eigenvalue weighted by molar-refractivity contribution is 5.97. The van der Waals surface area contributed by atoms with Crippen LogP contribution in [0.25, 0.3) is 11.0 Å². The summed E-state index contributed by atoms with van der Waals surface area (Å²) in [5.41, 5.74) is 1.94. The van der Waals surface area contributed by atoms with Crippen molar-refractivity contribution in [2.24, 2.45) is 0 Å². The Morgan fingerprint density at radius 2 is 1.81 bits per heavy atom. The SMILES string of the molecule is CCNC(=O)c1cc2ccc(OC(=O)c3ccc(C)c(C)c3)cc2oc1=O. The number of hydrogen-bond donors (Lipinski definition) is 1. The molecule has 0 aliphatic carbocycles. The Labute approximate surface area is 155 Å². The number of carbonyl (C=O) groups is 2. The van der Waals surface area contributed by atoms with Crippen LogP contribution in [0.1, 0.15) is 38.8 Å². The number of hydrogen-bond acceptors (Lipinski definition) is 5. The van der Waals surface area contributed by atoms with E-state index in [1.165, 1.54) is 12.1 Å². The van der Waals surface area contributed by atoms with Gasteiger partial charge in [0.25, 0.3) is 5.91 Å². The van der Waals surface area contributed by atoms with Crippen molar-refractivity contribution in [3.05, 3.63) is 75.1 Å². The van der Waals surface area contributed by atoms with Gasteiger partial charge in [-0.15, -0.1) is 0 Å². The quantitative estimate of drug-likeness (QED) is 0.435. The highest BCUT2D eigenvalue weighted by Gasteiger charge is 2.14. The zero-order valence-electron chi connectivity index (χ0n) is 15.3. The molecule has 0 saturated carbocycles. The molecule has 0 aliphatic rings. The first-order valence-corrected chi connectivity index (χ1v) is 8.54. The molecule has 3 rings (SSSR count). The maximum absolute atomic E-state index is 12.3. The summed E-state index contributed by atoms with van der Waals surface area (Å²) in [5, 5.41) is 3.12. The number of aryl methyl sites for hydroxylation is 2. The zero-order chi connectivity index (χ0) is 19.6. The summed E-state index contributed by atoms with van der Waals surface area (Å²) in [6.45, 7) is 6.05. The van der Waals surface area contributed by atoms with Gasteiger partial charge in [0.1, 0.15) is 16.9 Å². The molecule has 6 heteroatoms. The van der Waals surface area contributed by atoms with Crippen molar-refractivity contribution in [2.75, 3.05) is 6.54 Å². The van der Waals surface area contributed by atoms with Crippen LogP contribution in [0.3, 0.4) is 0 Å². The van der Waals surface area contributed by atoms with E-state index in [4.69, 9.17) is 9.15 Å². The van der Waals surface area contributed by atoms with Crippen LogP contribution in [0, 0.1) is 13.8 Å². The summed E-state index contributed by atoms with van der Waals surface area (Å²) in [6.07, 6.45) is 0. The van der Waals surface area contributed by atoms with Crippen LogP contribution < -0.4 is 15.7 Å². The topological polar surface area (TPSA) is 85.6 Å². The van der Waals surface area contributed by atoms with Crippen molar-refractivity contribution in [1.82, 2.24) is 5.32 Å². The molecule has 0 atom stereocenters. The van der Waals surface area contributed by atoms with E-state index in [0.717, 1.165) is 11.1 Å². The Hall–Kier alpha value is -3.41. The largest absolute Gasteiger partial charge is 0.423 e. The van der Waals surface area contributed by atoms with Gasteiger partial charge in [-0.1, -0.05) is 6.07 Å². The van der Waals surface area contributed by atoms with Crippen molar-refractivity contribution in [1.29, 1.82) is 0 Å². The lowest BCUT2D eigenvalue weighted by Crippen LogP contribution is -2.27. The van der Waals surface area contributed by atoms with Crippen molar-refractivity contribution in [3.63, 3.8) is 0 Å². The van der Waals surface area contributed by atoms with Gasteiger partial charge in [-0.25, -0.2) is 9.59 Å². The average molecular weight is 365 g/mol. The van der Waals surface area contributed by atoms with Gasteiger partial charge in [0, 0.05) is 18.0 Å². The molecule has 27 heavy (non-hydrogen) atoms. The standard InChI is InChI=1S/C21H19NO5/c1-4-22-19(23)17-10-14-7-8-16(11-18(14)27-21(17)25)26-20(24)15-6-5-12(2)13(3)9-15/h5-11H,4H2,1-3H3,(H,22,23). The fourth-order valence-electron chi connectivity index (χ4n) is 2.60. The maximum atomic E-state index is 12.3. The summed E-state index contributed by atoms with van der Waals surface area (Å²) in [6, 6.07) is 11.4. The summed E-state index contributed by atoms with van der Waals surface area (Å²) in [7, 11) is 0. The first-order valence-electron chi connectivity index (χ1n) is 8.54. The Kier molecular flexibility index (Phi) is 5.07. The molecule has 138 valence electrons. The minimum atomic E-state index is -0.744. The van der Waals surface area contributed by atoms with Crippen molar-refractivity contribution >= 4 is 22.8 Å². The predicted molar refractivity (Wildman–Crippen MR) is 101 cm³/mol. The van der Waals surface area contributed by atoms with E-state index < -0.39 is 17.5 Å². The van der Waals surface area contributed by atoms with Gasteiger partial charge in [-0.05, 0) is 62.2 Å². The van der Waals surface area contributed by atoms with Gasteiger partial charge in [-0.3, -0.25) is 4.79 Å². The first-order chi connectivity index (χ1) is 12.9. The molecule has 1 heterocycles. The molecule has 0 radical (unpaired) electrons. The fraction of sp³-hybridized carbons (Fsp3) is 0.190. The van der Waals surface area contributed by atoms with Gasteiger partial charge in [0.05, 0.1) is 5.56 Å². The number of nitrogens with one attached hydrogen (secondary N) is 1. The Bertz CT molecular complexity index is 1100. The van der Waals surface area contributed by atoms with Crippen LogP contribution in [-0.4, -0.2) is 18.4 Å². The molecule has 0 unspecified atom stereocenters. The normalized spacial score (nSPS) is 10.6. The highest BCUT2D eigenvalue weighted by atomic mass is 16.5. The number of carbonyl (C=O) groups excluding carboxylic acids is 2. The minimum Gasteiger partial charge on any atom is -0.423 e. The van der Waals surface area contributed by atoms with Crippen LogP contribution in [0.5, 0.6) is 5.75 Å². The second-order valence-corrected chi connectivity index (χ2v) is 6.20. The second kappa shape index (κ2) is 7.45. The number of amides is 1. The van der Waals surface area contributed by atoms with Crippen LogP contribution in [0.4, 0.5) is 0 Å². The highest BCUT2D eigenvalue weighted by Crippen LogP contribution is 2.22. The van der Waals surface area contributed by atoms with E-state index in [-0.39, 0.29) is 16.9 Å². The molecule has 1 aromatic heterocycles. The van der Waals surface area contributed by atoms with E-state index in [1.807, 2.05) is 19.9 Å². The number of esters is 1. The molecule has 1 amide bonds. The Morgan fingerprint density at radius 3 is 2.52 bits per heavy atom. The van der Waals surface area contributed by atoms with Crippen LogP contribution in [-0.2, 0) is 0 Å². The molecule has 2 aromatic carbocycles. The van der Waals surface area contributed by atoms with Gasteiger partial charge in [0.2, 0.25) is 0 Å². The van der Waals surface area contributed by atoms with Crippen LogP contribution in [0.2, 0.25) is 0 Å². The van der Waals surface area contributed by atoms with Crippen molar-refractivity contribution in [2.45, 2.75) is 20.8 Å². The fourth-order valence-corrected chi connectivity index (χ4v) is 2.60. The number of benzene rings is 2.